The Bertz CT molecular complexity index is 694. The summed E-state index contributed by atoms with van der Waals surface area (Å²) in [6, 6.07) is 8.06. The van der Waals surface area contributed by atoms with Crippen molar-refractivity contribution < 1.29 is 14.3 Å². The van der Waals surface area contributed by atoms with Crippen LogP contribution in [0.5, 0.6) is 11.5 Å². The van der Waals surface area contributed by atoms with Crippen LogP contribution in [0.4, 0.5) is 0 Å². The van der Waals surface area contributed by atoms with Crippen molar-refractivity contribution in [3.05, 3.63) is 35.5 Å². The Morgan fingerprint density at radius 1 is 1.35 bits per heavy atom. The quantitative estimate of drug-likeness (QED) is 0.600. The third kappa shape index (κ3) is 5.16. The molecule has 0 aromatic heterocycles. The molecule has 0 radical (unpaired) electrons. The number of hydrogen-bond acceptors (Lipinski definition) is 5. The van der Waals surface area contributed by atoms with Crippen molar-refractivity contribution in [3.63, 3.8) is 0 Å². The fourth-order valence-electron chi connectivity index (χ4n) is 3.07. The third-order valence-electron chi connectivity index (χ3n) is 4.66. The first-order valence-electron chi connectivity index (χ1n) is 8.95. The summed E-state index contributed by atoms with van der Waals surface area (Å²) in [5.74, 6) is 1.00. The molecule has 1 fully saturated rings. The molecule has 0 bridgehead atoms. The van der Waals surface area contributed by atoms with Crippen molar-refractivity contribution in [2.45, 2.75) is 38.6 Å². The van der Waals surface area contributed by atoms with Gasteiger partial charge in [0, 0.05) is 25.3 Å². The summed E-state index contributed by atoms with van der Waals surface area (Å²) in [6.07, 6.45) is 5.74. The fourth-order valence-corrected chi connectivity index (χ4v) is 3.07. The van der Waals surface area contributed by atoms with Crippen LogP contribution in [0.25, 0.3) is 0 Å². The minimum atomic E-state index is -0.328. The summed E-state index contributed by atoms with van der Waals surface area (Å²) in [5, 5.41) is 12.1. The summed E-state index contributed by atoms with van der Waals surface area (Å²) < 4.78 is 10.5. The van der Waals surface area contributed by atoms with Crippen molar-refractivity contribution in [2.75, 3.05) is 27.3 Å². The van der Waals surface area contributed by atoms with E-state index in [0.29, 0.717) is 30.5 Å². The van der Waals surface area contributed by atoms with Gasteiger partial charge in [-0.15, -0.1) is 0 Å². The van der Waals surface area contributed by atoms with E-state index in [1.54, 1.807) is 20.4 Å². The highest BCUT2D eigenvalue weighted by Crippen LogP contribution is 2.27. The summed E-state index contributed by atoms with van der Waals surface area (Å²) >= 11 is 0. The van der Waals surface area contributed by atoms with Gasteiger partial charge in [0.25, 0.3) is 5.91 Å². The molecule has 1 amide bonds. The number of nitriles is 1. The minimum Gasteiger partial charge on any atom is -0.493 e. The van der Waals surface area contributed by atoms with Gasteiger partial charge in [-0.2, -0.15) is 5.26 Å². The van der Waals surface area contributed by atoms with Crippen LogP contribution in [0.3, 0.4) is 0 Å². The van der Waals surface area contributed by atoms with Gasteiger partial charge in [-0.1, -0.05) is 6.07 Å². The number of hydrogen-bond donors (Lipinski definition) is 1. The second-order valence-corrected chi connectivity index (χ2v) is 6.43. The van der Waals surface area contributed by atoms with Crippen molar-refractivity contribution in [1.82, 2.24) is 10.2 Å². The molecule has 1 aromatic carbocycles. The van der Waals surface area contributed by atoms with Crippen LogP contribution in [0.1, 0.15) is 31.7 Å². The first-order chi connectivity index (χ1) is 12.6. The molecule has 140 valence electrons. The van der Waals surface area contributed by atoms with Gasteiger partial charge in [-0.05, 0) is 50.3 Å². The average Bonchev–Trinajstić information content (AvgIpc) is 2.67. The number of benzene rings is 1. The molecule has 6 heteroatoms. The van der Waals surface area contributed by atoms with Gasteiger partial charge in [0.1, 0.15) is 11.6 Å². The monoisotopic (exact) mass is 357 g/mol. The zero-order valence-electron chi connectivity index (χ0n) is 15.7. The molecule has 0 spiro atoms. The van der Waals surface area contributed by atoms with Gasteiger partial charge < -0.3 is 19.7 Å². The Kier molecular flexibility index (Phi) is 7.34. The number of piperidine rings is 1. The lowest BCUT2D eigenvalue weighted by atomic mass is 10.0. The largest absolute Gasteiger partial charge is 0.493 e. The van der Waals surface area contributed by atoms with Gasteiger partial charge in [0.2, 0.25) is 0 Å². The van der Waals surface area contributed by atoms with Crippen molar-refractivity contribution in [1.29, 1.82) is 5.26 Å². The van der Waals surface area contributed by atoms with Gasteiger partial charge in [0.05, 0.1) is 14.2 Å². The van der Waals surface area contributed by atoms with Crippen molar-refractivity contribution in [3.8, 4) is 17.6 Å². The summed E-state index contributed by atoms with van der Waals surface area (Å²) in [5.41, 5.74) is 1.18. The maximum atomic E-state index is 12.3. The third-order valence-corrected chi connectivity index (χ3v) is 4.66. The molecule has 1 aliphatic rings. The minimum absolute atomic E-state index is 0.158. The highest BCUT2D eigenvalue weighted by Gasteiger charge is 2.18. The highest BCUT2D eigenvalue weighted by atomic mass is 16.5. The number of nitrogens with one attached hydrogen (secondary N) is 1. The number of likely N-dealkylation sites (tertiary alicyclic amines) is 1. The molecular formula is C20H27N3O3. The van der Waals surface area contributed by atoms with Crippen LogP contribution in [0.2, 0.25) is 0 Å². The van der Waals surface area contributed by atoms with Crippen LogP contribution in [-0.4, -0.2) is 44.2 Å². The van der Waals surface area contributed by atoms with Gasteiger partial charge in [-0.25, -0.2) is 0 Å². The Labute approximate surface area is 155 Å². The first kappa shape index (κ1) is 19.6. The van der Waals surface area contributed by atoms with Crippen LogP contribution in [0.15, 0.2) is 30.0 Å². The molecule has 1 N–H and O–H groups in total. The number of nitrogens with zero attached hydrogens (tertiary/aromatic N) is 2. The smallest absolute Gasteiger partial charge is 0.263 e. The number of carbonyl (C=O) groups is 1. The summed E-state index contributed by atoms with van der Waals surface area (Å²) in [4.78, 5) is 14.4. The van der Waals surface area contributed by atoms with Crippen molar-refractivity contribution >= 4 is 5.91 Å². The second kappa shape index (κ2) is 9.71. The molecule has 1 saturated heterocycles. The standard InChI is InChI=1S/C20H27N3O3/c1-15-6-4-5-11-23(15)14-17(13-21)20(24)22-10-9-16-7-8-18(25-2)19(12-16)26-3/h7-8,12,14-15H,4-6,9-11H2,1-3H3,(H,22,24)/b17-14-. The van der Waals surface area contributed by atoms with E-state index in [2.05, 4.69) is 17.1 Å². The fraction of sp³-hybridized carbons (Fsp3) is 0.500. The molecule has 1 atom stereocenters. The van der Waals surface area contributed by atoms with Crippen molar-refractivity contribution in [2.24, 2.45) is 0 Å². The van der Waals surface area contributed by atoms with Gasteiger partial charge in [-0.3, -0.25) is 4.79 Å². The van der Waals surface area contributed by atoms with E-state index in [0.717, 1.165) is 24.9 Å². The molecule has 26 heavy (non-hydrogen) atoms. The maximum Gasteiger partial charge on any atom is 0.263 e. The van der Waals surface area contributed by atoms with E-state index < -0.39 is 0 Å². The zero-order chi connectivity index (χ0) is 18.9. The molecule has 0 aliphatic carbocycles. The van der Waals surface area contributed by atoms with Crippen LogP contribution >= 0.6 is 0 Å². The number of amides is 1. The Morgan fingerprint density at radius 2 is 2.12 bits per heavy atom. The molecule has 1 aromatic rings. The summed E-state index contributed by atoms with van der Waals surface area (Å²) in [7, 11) is 3.19. The lowest BCUT2D eigenvalue weighted by Gasteiger charge is -2.32. The van der Waals surface area contributed by atoms with Crippen LogP contribution in [-0.2, 0) is 11.2 Å². The first-order valence-corrected chi connectivity index (χ1v) is 8.95. The normalized spacial score (nSPS) is 17.4. The predicted octanol–water partition coefficient (Wildman–Crippen LogP) is 2.64. The number of methoxy groups -OCH3 is 2. The number of ether oxygens (including phenoxy) is 2. The maximum absolute atomic E-state index is 12.3. The molecule has 1 aliphatic heterocycles. The number of rotatable bonds is 7. The van der Waals surface area contributed by atoms with E-state index in [4.69, 9.17) is 9.47 Å². The predicted molar refractivity (Wildman–Crippen MR) is 100.0 cm³/mol. The second-order valence-electron chi connectivity index (χ2n) is 6.43. The van der Waals surface area contributed by atoms with E-state index in [1.165, 1.54) is 6.42 Å². The molecule has 0 saturated carbocycles. The SMILES string of the molecule is COc1ccc(CCNC(=O)/C(C#N)=C\N2CCCCC2C)cc1OC. The van der Waals surface area contributed by atoms with E-state index in [-0.39, 0.29) is 11.5 Å². The molecule has 1 heterocycles. The molecule has 1 unspecified atom stereocenters. The van der Waals surface area contributed by atoms with Crippen LogP contribution < -0.4 is 14.8 Å². The topological polar surface area (TPSA) is 74.6 Å². The van der Waals surface area contributed by atoms with E-state index in [9.17, 15) is 10.1 Å². The number of carbonyl (C=O) groups excluding carboxylic acids is 1. The Hall–Kier alpha value is -2.68. The highest BCUT2D eigenvalue weighted by molar-refractivity contribution is 5.97. The lowest BCUT2D eigenvalue weighted by molar-refractivity contribution is -0.117. The average molecular weight is 357 g/mol. The molecular weight excluding hydrogens is 330 g/mol. The molecule has 6 nitrogen and oxygen atoms in total. The van der Waals surface area contributed by atoms with E-state index >= 15 is 0 Å². The van der Waals surface area contributed by atoms with Gasteiger partial charge >= 0.3 is 0 Å². The zero-order valence-corrected chi connectivity index (χ0v) is 15.7. The summed E-state index contributed by atoms with van der Waals surface area (Å²) in [6.45, 7) is 3.47. The van der Waals surface area contributed by atoms with E-state index in [1.807, 2.05) is 24.3 Å². The van der Waals surface area contributed by atoms with Gasteiger partial charge in [0.15, 0.2) is 11.5 Å². The molecule has 2 rings (SSSR count). The Balaban J connectivity index is 1.92. The lowest BCUT2D eigenvalue weighted by Crippen LogP contribution is -2.35. The van der Waals surface area contributed by atoms with Crippen LogP contribution in [0, 0.1) is 11.3 Å². The Morgan fingerprint density at radius 3 is 2.77 bits per heavy atom.